The predicted molar refractivity (Wildman–Crippen MR) is 137 cm³/mol. The molecule has 0 fully saturated rings. The van der Waals surface area contributed by atoms with Crippen LogP contribution in [0.2, 0.25) is 0 Å². The molecule has 0 N–H and O–H groups in total. The number of benzene rings is 3. The quantitative estimate of drug-likeness (QED) is 0.263. The second kappa shape index (κ2) is 9.57. The van der Waals surface area contributed by atoms with Crippen molar-refractivity contribution in [1.82, 2.24) is 14.8 Å². The molecule has 34 heavy (non-hydrogen) atoms. The third-order valence-electron chi connectivity index (χ3n) is 5.35. The van der Waals surface area contributed by atoms with Gasteiger partial charge in [0.1, 0.15) is 16.8 Å². The number of methoxy groups -OCH3 is 1. The number of rotatable bonds is 6. The van der Waals surface area contributed by atoms with Crippen LogP contribution in [-0.2, 0) is 0 Å². The van der Waals surface area contributed by atoms with E-state index in [-0.39, 0.29) is 0 Å². The zero-order chi connectivity index (χ0) is 23.3. The Labute approximate surface area is 201 Å². The van der Waals surface area contributed by atoms with Gasteiger partial charge in [0.25, 0.3) is 0 Å². The molecular weight excluding hydrogens is 440 g/mol. The molecule has 5 nitrogen and oxygen atoms in total. The fourth-order valence-electron chi connectivity index (χ4n) is 3.62. The summed E-state index contributed by atoms with van der Waals surface area (Å²) in [6.07, 6.45) is 3.80. The first-order chi connectivity index (χ1) is 16.7. The molecule has 0 saturated heterocycles. The molecule has 6 heteroatoms. The van der Waals surface area contributed by atoms with Crippen LogP contribution < -0.4 is 4.74 Å². The fraction of sp³-hybridized carbons (Fsp3) is 0.0357. The van der Waals surface area contributed by atoms with Crippen molar-refractivity contribution in [3.8, 4) is 40.0 Å². The monoisotopic (exact) mass is 460 g/mol. The molecule has 0 aliphatic rings. The van der Waals surface area contributed by atoms with Gasteiger partial charge in [-0.2, -0.15) is 10.4 Å². The molecule has 0 unspecified atom stereocenters. The molecule has 0 atom stereocenters. The maximum atomic E-state index is 9.98. The summed E-state index contributed by atoms with van der Waals surface area (Å²) < 4.78 is 7.13. The molecule has 3 aromatic carbocycles. The summed E-state index contributed by atoms with van der Waals surface area (Å²) in [5.74, 6) is 0.775. The lowest BCUT2D eigenvalue weighted by Gasteiger charge is -2.03. The van der Waals surface area contributed by atoms with Crippen molar-refractivity contribution in [2.45, 2.75) is 0 Å². The Hall–Kier alpha value is -4.47. The third-order valence-corrected chi connectivity index (χ3v) is 6.23. The normalized spacial score (nSPS) is 11.2. The minimum Gasteiger partial charge on any atom is -0.497 e. The zero-order valence-electron chi connectivity index (χ0n) is 18.4. The molecule has 0 amide bonds. The Morgan fingerprint density at radius 1 is 0.941 bits per heavy atom. The summed E-state index contributed by atoms with van der Waals surface area (Å²) in [5, 5.41) is 17.5. The van der Waals surface area contributed by atoms with Gasteiger partial charge in [-0.15, -0.1) is 11.3 Å². The van der Waals surface area contributed by atoms with Crippen molar-refractivity contribution in [1.29, 1.82) is 5.26 Å². The van der Waals surface area contributed by atoms with E-state index in [9.17, 15) is 5.26 Å². The summed E-state index contributed by atoms with van der Waals surface area (Å²) in [5.41, 5.74) is 5.87. The van der Waals surface area contributed by atoms with Crippen molar-refractivity contribution < 1.29 is 4.74 Å². The van der Waals surface area contributed by atoms with Crippen LogP contribution in [0.15, 0.2) is 96.5 Å². The third kappa shape index (κ3) is 4.38. The van der Waals surface area contributed by atoms with Crippen LogP contribution in [0.1, 0.15) is 10.6 Å². The van der Waals surface area contributed by atoms with Gasteiger partial charge in [-0.3, -0.25) is 0 Å². The van der Waals surface area contributed by atoms with E-state index >= 15 is 0 Å². The number of nitriles is 1. The van der Waals surface area contributed by atoms with Gasteiger partial charge in [0.15, 0.2) is 0 Å². The van der Waals surface area contributed by atoms with Gasteiger partial charge >= 0.3 is 0 Å². The molecule has 5 aromatic rings. The predicted octanol–water partition coefficient (Wildman–Crippen LogP) is 6.74. The van der Waals surface area contributed by atoms with E-state index in [1.165, 1.54) is 11.3 Å². The Kier molecular flexibility index (Phi) is 6.02. The lowest BCUT2D eigenvalue weighted by atomic mass is 10.1. The summed E-state index contributed by atoms with van der Waals surface area (Å²) in [6, 6.07) is 30.0. The first-order valence-corrected chi connectivity index (χ1v) is 11.6. The number of ether oxygens (including phenoxy) is 1. The summed E-state index contributed by atoms with van der Waals surface area (Å²) in [4.78, 5) is 4.72. The molecular formula is C28H20N4OS. The Morgan fingerprint density at radius 3 is 2.32 bits per heavy atom. The molecule has 164 valence electrons. The molecule has 2 heterocycles. The largest absolute Gasteiger partial charge is 0.497 e. The second-order valence-electron chi connectivity index (χ2n) is 7.52. The Balaban J connectivity index is 1.59. The molecule has 0 saturated carbocycles. The van der Waals surface area contributed by atoms with Crippen LogP contribution in [0.25, 0.3) is 39.9 Å². The molecule has 5 rings (SSSR count). The highest BCUT2D eigenvalue weighted by molar-refractivity contribution is 7.11. The maximum Gasteiger partial charge on any atom is 0.134 e. The number of nitrogens with zero attached hydrogens (tertiary/aromatic N) is 4. The minimum atomic E-state index is 0.495. The SMILES string of the molecule is COc1ccc(-c2nn(-c3ccccc3)cc2/C=C(\C#N)c2nc(-c3ccccc3)cs2)cc1. The molecule has 0 bridgehead atoms. The van der Waals surface area contributed by atoms with E-state index in [0.29, 0.717) is 10.6 Å². The van der Waals surface area contributed by atoms with Gasteiger partial charge in [-0.05, 0) is 42.5 Å². The van der Waals surface area contributed by atoms with Crippen molar-refractivity contribution >= 4 is 23.0 Å². The van der Waals surface area contributed by atoms with Gasteiger partial charge in [0.05, 0.1) is 29.8 Å². The average molecular weight is 461 g/mol. The first kappa shape index (κ1) is 21.4. The number of para-hydroxylation sites is 1. The van der Waals surface area contributed by atoms with E-state index in [4.69, 9.17) is 14.8 Å². The lowest BCUT2D eigenvalue weighted by molar-refractivity contribution is 0.415. The van der Waals surface area contributed by atoms with Gasteiger partial charge in [0, 0.05) is 28.3 Å². The zero-order valence-corrected chi connectivity index (χ0v) is 19.2. The molecule has 0 aliphatic carbocycles. The van der Waals surface area contributed by atoms with Gasteiger partial charge in [-0.25, -0.2) is 9.67 Å². The van der Waals surface area contributed by atoms with E-state index in [1.54, 1.807) is 7.11 Å². The van der Waals surface area contributed by atoms with Gasteiger partial charge < -0.3 is 4.74 Å². The summed E-state index contributed by atoms with van der Waals surface area (Å²) in [7, 11) is 1.64. The second-order valence-corrected chi connectivity index (χ2v) is 8.37. The molecule has 0 spiro atoms. The molecule has 0 radical (unpaired) electrons. The topological polar surface area (TPSA) is 63.7 Å². The highest BCUT2D eigenvalue weighted by Crippen LogP contribution is 2.31. The van der Waals surface area contributed by atoms with Crippen LogP contribution in [0, 0.1) is 11.3 Å². The summed E-state index contributed by atoms with van der Waals surface area (Å²) >= 11 is 1.46. The average Bonchev–Trinajstić information content (AvgIpc) is 3.56. The van der Waals surface area contributed by atoms with Crippen molar-refractivity contribution in [2.75, 3.05) is 7.11 Å². The number of aromatic nitrogens is 3. The van der Waals surface area contributed by atoms with Crippen LogP contribution >= 0.6 is 11.3 Å². The van der Waals surface area contributed by atoms with Crippen LogP contribution in [0.4, 0.5) is 0 Å². The van der Waals surface area contributed by atoms with E-state index < -0.39 is 0 Å². The highest BCUT2D eigenvalue weighted by Gasteiger charge is 2.15. The van der Waals surface area contributed by atoms with Gasteiger partial charge in [0.2, 0.25) is 0 Å². The van der Waals surface area contributed by atoms with E-state index in [0.717, 1.165) is 39.5 Å². The Bertz CT molecular complexity index is 1480. The minimum absolute atomic E-state index is 0.495. The Morgan fingerprint density at radius 2 is 1.65 bits per heavy atom. The number of hydrogen-bond acceptors (Lipinski definition) is 5. The lowest BCUT2D eigenvalue weighted by Crippen LogP contribution is -1.94. The van der Waals surface area contributed by atoms with E-state index in [2.05, 4.69) is 6.07 Å². The number of thiazole rings is 1. The van der Waals surface area contributed by atoms with Gasteiger partial charge in [-0.1, -0.05) is 48.5 Å². The molecule has 0 aliphatic heterocycles. The van der Waals surface area contributed by atoms with Crippen LogP contribution in [0.5, 0.6) is 5.75 Å². The number of allylic oxidation sites excluding steroid dienone is 1. The van der Waals surface area contributed by atoms with Crippen molar-refractivity contribution in [3.63, 3.8) is 0 Å². The first-order valence-electron chi connectivity index (χ1n) is 10.7. The summed E-state index contributed by atoms with van der Waals surface area (Å²) in [6.45, 7) is 0. The fourth-order valence-corrected chi connectivity index (χ4v) is 4.41. The highest BCUT2D eigenvalue weighted by atomic mass is 32.1. The number of hydrogen-bond donors (Lipinski definition) is 0. The smallest absolute Gasteiger partial charge is 0.134 e. The van der Waals surface area contributed by atoms with Crippen molar-refractivity contribution in [2.24, 2.45) is 0 Å². The van der Waals surface area contributed by atoms with Crippen LogP contribution in [-0.4, -0.2) is 21.9 Å². The van der Waals surface area contributed by atoms with Crippen LogP contribution in [0.3, 0.4) is 0 Å². The van der Waals surface area contributed by atoms with E-state index in [1.807, 2.05) is 107 Å². The molecule has 2 aromatic heterocycles. The van der Waals surface area contributed by atoms with Crippen molar-refractivity contribution in [3.05, 3.63) is 107 Å². The maximum absolute atomic E-state index is 9.98. The standard InChI is InChI=1S/C28H20N4OS/c1-33-25-14-12-21(13-15-25)27-23(18-32(31-27)24-10-6-3-7-11-24)16-22(17-29)28-30-26(19-34-28)20-8-4-2-5-9-20/h2-16,18-19H,1H3/b22-16+.